The van der Waals surface area contributed by atoms with Gasteiger partial charge in [-0.1, -0.05) is 36.4 Å². The molecule has 0 unspecified atom stereocenters. The minimum atomic E-state index is -0.275. The van der Waals surface area contributed by atoms with E-state index >= 15 is 0 Å². The van der Waals surface area contributed by atoms with Crippen LogP contribution in [0.15, 0.2) is 48.5 Å². The molecule has 0 aromatic heterocycles. The van der Waals surface area contributed by atoms with Crippen LogP contribution < -0.4 is 16.0 Å². The largest absolute Gasteiger partial charge is 0.334 e. The Morgan fingerprint density at radius 3 is 2.76 bits per heavy atom. The molecule has 0 saturated heterocycles. The highest BCUT2D eigenvalue weighted by atomic mass is 16.2. The lowest BCUT2D eigenvalue weighted by molar-refractivity contribution is -0.115. The summed E-state index contributed by atoms with van der Waals surface area (Å²) in [5.41, 5.74) is 3.41. The smallest absolute Gasteiger partial charge is 0.319 e. The number of carbonyl (C=O) groups excluding carboxylic acids is 2. The maximum Gasteiger partial charge on any atom is 0.319 e. The van der Waals surface area contributed by atoms with Gasteiger partial charge in [0, 0.05) is 17.9 Å². The third-order valence-electron chi connectivity index (χ3n) is 3.29. The second-order valence-electron chi connectivity index (χ2n) is 4.89. The molecular formula is C16H15N3O2. The number of urea groups is 1. The van der Waals surface area contributed by atoms with Gasteiger partial charge in [-0.05, 0) is 23.3 Å². The Labute approximate surface area is 122 Å². The summed E-state index contributed by atoms with van der Waals surface area (Å²) in [4.78, 5) is 23.1. The number of benzene rings is 2. The molecule has 2 aromatic carbocycles. The van der Waals surface area contributed by atoms with Gasteiger partial charge in [-0.2, -0.15) is 0 Å². The number of rotatable bonds is 3. The van der Waals surface area contributed by atoms with E-state index in [9.17, 15) is 9.59 Å². The van der Waals surface area contributed by atoms with Crippen molar-refractivity contribution >= 4 is 23.3 Å². The third-order valence-corrected chi connectivity index (χ3v) is 3.29. The van der Waals surface area contributed by atoms with Gasteiger partial charge in [0.25, 0.3) is 0 Å². The molecule has 3 rings (SSSR count). The molecule has 21 heavy (non-hydrogen) atoms. The SMILES string of the molecule is O=C1Cc2ccc(NC(=O)NCc3ccccc3)cc2N1. The van der Waals surface area contributed by atoms with Crippen LogP contribution in [0.4, 0.5) is 16.2 Å². The molecule has 0 fully saturated rings. The van der Waals surface area contributed by atoms with Crippen molar-refractivity contribution in [2.24, 2.45) is 0 Å². The molecule has 1 aliphatic heterocycles. The number of nitrogens with one attached hydrogen (secondary N) is 3. The zero-order valence-electron chi connectivity index (χ0n) is 11.3. The molecule has 1 aliphatic rings. The predicted octanol–water partition coefficient (Wildman–Crippen LogP) is 2.50. The Kier molecular flexibility index (Phi) is 3.55. The summed E-state index contributed by atoms with van der Waals surface area (Å²) in [5.74, 6) is -0.0179. The highest BCUT2D eigenvalue weighted by Gasteiger charge is 2.17. The van der Waals surface area contributed by atoms with Crippen molar-refractivity contribution in [1.82, 2.24) is 5.32 Å². The van der Waals surface area contributed by atoms with Gasteiger partial charge in [-0.25, -0.2) is 4.79 Å². The number of amides is 3. The summed E-state index contributed by atoms with van der Waals surface area (Å²) in [6, 6.07) is 14.8. The van der Waals surface area contributed by atoms with Gasteiger partial charge in [-0.3, -0.25) is 4.79 Å². The number of carbonyl (C=O) groups is 2. The fourth-order valence-electron chi connectivity index (χ4n) is 2.25. The molecule has 0 spiro atoms. The minimum absolute atomic E-state index is 0.0179. The third kappa shape index (κ3) is 3.20. The van der Waals surface area contributed by atoms with Crippen molar-refractivity contribution in [2.45, 2.75) is 13.0 Å². The van der Waals surface area contributed by atoms with Crippen LogP contribution in [-0.4, -0.2) is 11.9 Å². The Hall–Kier alpha value is -2.82. The molecule has 0 radical (unpaired) electrons. The van der Waals surface area contributed by atoms with Crippen molar-refractivity contribution in [2.75, 3.05) is 10.6 Å². The molecular weight excluding hydrogens is 266 g/mol. The highest BCUT2D eigenvalue weighted by molar-refractivity contribution is 6.00. The zero-order chi connectivity index (χ0) is 14.7. The molecule has 0 atom stereocenters. The van der Waals surface area contributed by atoms with Gasteiger partial charge < -0.3 is 16.0 Å². The van der Waals surface area contributed by atoms with Crippen LogP contribution in [-0.2, 0) is 17.8 Å². The lowest BCUT2D eigenvalue weighted by Crippen LogP contribution is -2.28. The van der Waals surface area contributed by atoms with E-state index in [1.807, 2.05) is 36.4 Å². The lowest BCUT2D eigenvalue weighted by Gasteiger charge is -2.09. The molecule has 5 nitrogen and oxygen atoms in total. The van der Waals surface area contributed by atoms with E-state index in [1.54, 1.807) is 12.1 Å². The first-order chi connectivity index (χ1) is 10.2. The van der Waals surface area contributed by atoms with E-state index in [2.05, 4.69) is 16.0 Å². The van der Waals surface area contributed by atoms with Crippen molar-refractivity contribution in [3.8, 4) is 0 Å². The van der Waals surface area contributed by atoms with Gasteiger partial charge in [0.1, 0.15) is 0 Å². The van der Waals surface area contributed by atoms with E-state index < -0.39 is 0 Å². The van der Waals surface area contributed by atoms with Gasteiger partial charge in [0.15, 0.2) is 0 Å². The fourth-order valence-corrected chi connectivity index (χ4v) is 2.25. The Bertz CT molecular complexity index is 683. The van der Waals surface area contributed by atoms with Crippen molar-refractivity contribution in [3.05, 3.63) is 59.7 Å². The monoisotopic (exact) mass is 281 g/mol. The van der Waals surface area contributed by atoms with Crippen LogP contribution in [0.5, 0.6) is 0 Å². The molecule has 3 N–H and O–H groups in total. The molecule has 0 bridgehead atoms. The van der Waals surface area contributed by atoms with E-state index in [0.717, 1.165) is 16.8 Å². The maximum absolute atomic E-state index is 11.8. The highest BCUT2D eigenvalue weighted by Crippen LogP contribution is 2.26. The van der Waals surface area contributed by atoms with Crippen LogP contribution in [0.2, 0.25) is 0 Å². The first kappa shape index (κ1) is 13.2. The van der Waals surface area contributed by atoms with E-state index in [-0.39, 0.29) is 11.9 Å². The molecule has 1 heterocycles. The molecule has 2 aromatic rings. The quantitative estimate of drug-likeness (QED) is 0.809. The average Bonchev–Trinajstić information content (AvgIpc) is 2.85. The zero-order valence-corrected chi connectivity index (χ0v) is 11.3. The van der Waals surface area contributed by atoms with Gasteiger partial charge in [0.2, 0.25) is 5.91 Å². The summed E-state index contributed by atoms with van der Waals surface area (Å²) < 4.78 is 0. The predicted molar refractivity (Wildman–Crippen MR) is 81.1 cm³/mol. The van der Waals surface area contributed by atoms with Crippen LogP contribution in [0.3, 0.4) is 0 Å². The topological polar surface area (TPSA) is 70.2 Å². The van der Waals surface area contributed by atoms with Crippen LogP contribution in [0, 0.1) is 0 Å². The number of hydrogen-bond donors (Lipinski definition) is 3. The number of fused-ring (bicyclic) bond motifs is 1. The molecule has 0 saturated carbocycles. The normalized spacial score (nSPS) is 12.5. The fraction of sp³-hybridized carbons (Fsp3) is 0.125. The molecule has 0 aliphatic carbocycles. The first-order valence-corrected chi connectivity index (χ1v) is 6.72. The summed E-state index contributed by atoms with van der Waals surface area (Å²) in [6.45, 7) is 0.467. The van der Waals surface area contributed by atoms with Crippen molar-refractivity contribution in [3.63, 3.8) is 0 Å². The van der Waals surface area contributed by atoms with Gasteiger partial charge in [0.05, 0.1) is 6.42 Å². The van der Waals surface area contributed by atoms with Crippen molar-refractivity contribution in [1.29, 1.82) is 0 Å². The molecule has 3 amide bonds. The molecule has 106 valence electrons. The number of anilines is 2. The van der Waals surface area contributed by atoms with Gasteiger partial charge in [-0.15, -0.1) is 0 Å². The Morgan fingerprint density at radius 2 is 1.95 bits per heavy atom. The van der Waals surface area contributed by atoms with Crippen LogP contribution in [0.1, 0.15) is 11.1 Å². The minimum Gasteiger partial charge on any atom is -0.334 e. The second kappa shape index (κ2) is 5.66. The summed E-state index contributed by atoms with van der Waals surface area (Å²) in [5, 5.41) is 8.30. The average molecular weight is 281 g/mol. The number of hydrogen-bond acceptors (Lipinski definition) is 2. The Balaban J connectivity index is 1.58. The van der Waals surface area contributed by atoms with Crippen LogP contribution >= 0.6 is 0 Å². The summed E-state index contributed by atoms with van der Waals surface area (Å²) in [6.07, 6.45) is 0.399. The maximum atomic E-state index is 11.8. The van der Waals surface area contributed by atoms with E-state index in [4.69, 9.17) is 0 Å². The van der Waals surface area contributed by atoms with Crippen molar-refractivity contribution < 1.29 is 9.59 Å². The van der Waals surface area contributed by atoms with Gasteiger partial charge >= 0.3 is 6.03 Å². The Morgan fingerprint density at radius 1 is 1.14 bits per heavy atom. The van der Waals surface area contributed by atoms with Crippen LogP contribution in [0.25, 0.3) is 0 Å². The second-order valence-corrected chi connectivity index (χ2v) is 4.89. The lowest BCUT2D eigenvalue weighted by atomic mass is 10.1. The summed E-state index contributed by atoms with van der Waals surface area (Å²) in [7, 11) is 0. The summed E-state index contributed by atoms with van der Waals surface area (Å²) >= 11 is 0. The van der Waals surface area contributed by atoms with E-state index in [1.165, 1.54) is 0 Å². The van der Waals surface area contributed by atoms with E-state index in [0.29, 0.717) is 18.7 Å². The molecule has 5 heteroatoms. The standard InChI is InChI=1S/C16H15N3O2/c20-15-8-12-6-7-13(9-14(12)19-15)18-16(21)17-10-11-4-2-1-3-5-11/h1-7,9H,8,10H2,(H,19,20)(H2,17,18,21). The first-order valence-electron chi connectivity index (χ1n) is 6.72.